The van der Waals surface area contributed by atoms with Crippen LogP contribution in [0, 0.1) is 0 Å². The van der Waals surface area contributed by atoms with Gasteiger partial charge in [0.05, 0.1) is 5.56 Å². The third-order valence-corrected chi connectivity index (χ3v) is 2.77. The van der Waals surface area contributed by atoms with Gasteiger partial charge in [0, 0.05) is 21.1 Å². The monoisotopic (exact) mass is 305 g/mol. The molecule has 0 amide bonds. The molecule has 0 saturated carbocycles. The van der Waals surface area contributed by atoms with Crippen LogP contribution in [0.25, 0.3) is 0 Å². The Labute approximate surface area is 93.8 Å². The minimum atomic E-state index is 0.0527. The molecule has 1 rings (SSSR count). The van der Waals surface area contributed by atoms with E-state index in [4.69, 9.17) is 5.73 Å². The highest BCUT2D eigenvalue weighted by atomic mass is 79.9. The molecule has 2 nitrogen and oxygen atoms in total. The van der Waals surface area contributed by atoms with Gasteiger partial charge in [0.25, 0.3) is 0 Å². The second-order valence-corrected chi connectivity index (χ2v) is 4.40. The van der Waals surface area contributed by atoms with E-state index in [0.717, 1.165) is 8.95 Å². The van der Waals surface area contributed by atoms with Gasteiger partial charge in [0.15, 0.2) is 5.78 Å². The largest absolute Gasteiger partial charge is 0.398 e. The van der Waals surface area contributed by atoms with E-state index in [9.17, 15) is 4.79 Å². The van der Waals surface area contributed by atoms with E-state index >= 15 is 0 Å². The average molecular weight is 307 g/mol. The summed E-state index contributed by atoms with van der Waals surface area (Å²) >= 11 is 6.61. The van der Waals surface area contributed by atoms with Gasteiger partial charge in [-0.05, 0) is 28.1 Å². The van der Waals surface area contributed by atoms with E-state index in [2.05, 4.69) is 31.9 Å². The molecule has 1 aromatic rings. The predicted octanol–water partition coefficient (Wildman–Crippen LogP) is 3.39. The molecule has 1 aromatic carbocycles. The quantitative estimate of drug-likeness (QED) is 0.672. The Kier molecular flexibility index (Phi) is 3.50. The molecule has 0 saturated heterocycles. The van der Waals surface area contributed by atoms with Crippen molar-refractivity contribution in [3.8, 4) is 0 Å². The highest BCUT2D eigenvalue weighted by Crippen LogP contribution is 2.28. The predicted molar refractivity (Wildman–Crippen MR) is 60.9 cm³/mol. The van der Waals surface area contributed by atoms with Crippen molar-refractivity contribution >= 4 is 43.3 Å². The fraction of sp³-hybridized carbons (Fsp3) is 0.222. The zero-order chi connectivity index (χ0) is 10.0. The van der Waals surface area contributed by atoms with Crippen LogP contribution < -0.4 is 5.73 Å². The van der Waals surface area contributed by atoms with Crippen LogP contribution in [-0.4, -0.2) is 5.78 Å². The smallest absolute Gasteiger partial charge is 0.165 e. The number of hydrogen-bond acceptors (Lipinski definition) is 2. The number of carbonyl (C=O) groups is 1. The van der Waals surface area contributed by atoms with Crippen LogP contribution in [0.4, 0.5) is 5.69 Å². The normalized spacial score (nSPS) is 10.1. The van der Waals surface area contributed by atoms with Gasteiger partial charge >= 0.3 is 0 Å². The summed E-state index contributed by atoms with van der Waals surface area (Å²) in [6, 6.07) is 3.55. The van der Waals surface area contributed by atoms with Crippen molar-refractivity contribution in [2.24, 2.45) is 0 Å². The molecular formula is C9H9Br2NO. The summed E-state index contributed by atoms with van der Waals surface area (Å²) in [5, 5.41) is 0. The third kappa shape index (κ3) is 2.31. The fourth-order valence-corrected chi connectivity index (χ4v) is 2.54. The number of hydrogen-bond donors (Lipinski definition) is 1. The van der Waals surface area contributed by atoms with Gasteiger partial charge in [-0.15, -0.1) is 0 Å². The summed E-state index contributed by atoms with van der Waals surface area (Å²) in [5.74, 6) is 0.0527. The minimum Gasteiger partial charge on any atom is -0.398 e. The lowest BCUT2D eigenvalue weighted by atomic mass is 10.1. The number of rotatable bonds is 2. The van der Waals surface area contributed by atoms with Gasteiger partial charge in [-0.25, -0.2) is 0 Å². The summed E-state index contributed by atoms with van der Waals surface area (Å²) < 4.78 is 1.61. The average Bonchev–Trinajstić information content (AvgIpc) is 2.02. The molecule has 0 atom stereocenters. The number of Topliss-reactive ketones (excluding diaryl/α,β-unsaturated/α-hetero) is 1. The Morgan fingerprint density at radius 2 is 2.08 bits per heavy atom. The summed E-state index contributed by atoms with van der Waals surface area (Å²) in [5.41, 5.74) is 6.80. The van der Waals surface area contributed by atoms with Gasteiger partial charge in [0.2, 0.25) is 0 Å². The first-order chi connectivity index (χ1) is 6.06. The molecule has 0 spiro atoms. The van der Waals surface area contributed by atoms with Crippen molar-refractivity contribution < 1.29 is 4.79 Å². The summed E-state index contributed by atoms with van der Waals surface area (Å²) in [6.45, 7) is 1.82. The molecule has 0 aliphatic heterocycles. The zero-order valence-corrected chi connectivity index (χ0v) is 10.3. The second-order valence-electron chi connectivity index (χ2n) is 2.63. The Morgan fingerprint density at radius 1 is 1.46 bits per heavy atom. The van der Waals surface area contributed by atoms with Crippen molar-refractivity contribution in [2.45, 2.75) is 13.3 Å². The van der Waals surface area contributed by atoms with Crippen LogP contribution in [0.2, 0.25) is 0 Å². The molecule has 0 aliphatic rings. The molecule has 4 heteroatoms. The van der Waals surface area contributed by atoms with Gasteiger partial charge in [-0.2, -0.15) is 0 Å². The SMILES string of the molecule is CCC(=O)c1c(N)cc(Br)cc1Br. The Hall–Kier alpha value is -0.350. The summed E-state index contributed by atoms with van der Waals surface area (Å²) in [7, 11) is 0. The van der Waals surface area contributed by atoms with Crippen molar-refractivity contribution in [1.82, 2.24) is 0 Å². The van der Waals surface area contributed by atoms with E-state index in [1.807, 2.05) is 13.0 Å². The molecule has 0 unspecified atom stereocenters. The van der Waals surface area contributed by atoms with Gasteiger partial charge in [-0.3, -0.25) is 4.79 Å². The number of halogens is 2. The summed E-state index contributed by atoms with van der Waals surface area (Å²) in [6.07, 6.45) is 0.463. The molecule has 0 radical (unpaired) electrons. The van der Waals surface area contributed by atoms with Crippen molar-refractivity contribution in [1.29, 1.82) is 0 Å². The summed E-state index contributed by atoms with van der Waals surface area (Å²) in [4.78, 5) is 11.4. The number of nitrogen functional groups attached to an aromatic ring is 1. The van der Waals surface area contributed by atoms with Crippen molar-refractivity contribution in [3.63, 3.8) is 0 Å². The molecule has 2 N–H and O–H groups in total. The molecule has 0 aromatic heterocycles. The lowest BCUT2D eigenvalue weighted by molar-refractivity contribution is 0.0988. The van der Waals surface area contributed by atoms with Gasteiger partial charge in [0.1, 0.15) is 0 Å². The van der Waals surface area contributed by atoms with E-state index in [1.54, 1.807) is 6.07 Å². The van der Waals surface area contributed by atoms with Crippen LogP contribution in [0.3, 0.4) is 0 Å². The van der Waals surface area contributed by atoms with Crippen molar-refractivity contribution in [3.05, 3.63) is 26.6 Å². The maximum atomic E-state index is 11.4. The molecule has 0 heterocycles. The number of anilines is 1. The maximum absolute atomic E-state index is 11.4. The van der Waals surface area contributed by atoms with Crippen LogP contribution in [0.15, 0.2) is 21.1 Å². The van der Waals surface area contributed by atoms with Crippen LogP contribution in [0.1, 0.15) is 23.7 Å². The Balaban J connectivity index is 3.28. The first kappa shape index (κ1) is 10.7. The number of ketones is 1. The molecule has 70 valence electrons. The van der Waals surface area contributed by atoms with E-state index in [-0.39, 0.29) is 5.78 Å². The highest BCUT2D eigenvalue weighted by molar-refractivity contribution is 9.11. The van der Waals surface area contributed by atoms with Crippen LogP contribution in [0.5, 0.6) is 0 Å². The van der Waals surface area contributed by atoms with Gasteiger partial charge < -0.3 is 5.73 Å². The third-order valence-electron chi connectivity index (χ3n) is 1.69. The lowest BCUT2D eigenvalue weighted by Crippen LogP contribution is -2.03. The van der Waals surface area contributed by atoms with Crippen molar-refractivity contribution in [2.75, 3.05) is 5.73 Å². The molecule has 13 heavy (non-hydrogen) atoms. The molecular weight excluding hydrogens is 298 g/mol. The second kappa shape index (κ2) is 4.24. The zero-order valence-electron chi connectivity index (χ0n) is 7.10. The Bertz CT molecular complexity index is 326. The molecule has 0 bridgehead atoms. The van der Waals surface area contributed by atoms with E-state index in [0.29, 0.717) is 17.7 Å². The standard InChI is InChI=1S/C9H9Br2NO/c1-2-8(13)9-6(11)3-5(10)4-7(9)12/h3-4H,2,12H2,1H3. The topological polar surface area (TPSA) is 43.1 Å². The number of nitrogens with two attached hydrogens (primary N) is 1. The Morgan fingerprint density at radius 3 is 2.54 bits per heavy atom. The lowest BCUT2D eigenvalue weighted by Gasteiger charge is -2.06. The maximum Gasteiger partial charge on any atom is 0.165 e. The minimum absolute atomic E-state index is 0.0527. The van der Waals surface area contributed by atoms with E-state index < -0.39 is 0 Å². The highest BCUT2D eigenvalue weighted by Gasteiger charge is 2.12. The fourth-order valence-electron chi connectivity index (χ4n) is 1.06. The molecule has 0 aliphatic carbocycles. The first-order valence-corrected chi connectivity index (χ1v) is 5.42. The first-order valence-electron chi connectivity index (χ1n) is 3.84. The van der Waals surface area contributed by atoms with Crippen LogP contribution in [-0.2, 0) is 0 Å². The van der Waals surface area contributed by atoms with E-state index in [1.165, 1.54) is 0 Å². The van der Waals surface area contributed by atoms with Gasteiger partial charge in [-0.1, -0.05) is 22.9 Å². The van der Waals surface area contributed by atoms with Crippen LogP contribution >= 0.6 is 31.9 Å². The number of carbonyl (C=O) groups excluding carboxylic acids is 1. The number of benzene rings is 1. The molecule has 0 fully saturated rings.